The zero-order valence-electron chi connectivity index (χ0n) is 16.1. The van der Waals surface area contributed by atoms with E-state index >= 15 is 0 Å². The molecule has 0 aliphatic rings. The lowest BCUT2D eigenvalue weighted by molar-refractivity contribution is -0.118. The molecule has 0 aliphatic carbocycles. The van der Waals surface area contributed by atoms with Crippen LogP contribution in [-0.2, 0) is 4.79 Å². The van der Waals surface area contributed by atoms with Crippen LogP contribution < -0.4 is 15.7 Å². The van der Waals surface area contributed by atoms with Crippen LogP contribution in [-0.4, -0.2) is 12.5 Å². The van der Waals surface area contributed by atoms with Crippen LogP contribution in [0, 0.1) is 6.92 Å². The minimum Gasteiger partial charge on any atom is -0.484 e. The van der Waals surface area contributed by atoms with Gasteiger partial charge in [-0.15, -0.1) is 0 Å². The van der Waals surface area contributed by atoms with Crippen molar-refractivity contribution < 1.29 is 13.9 Å². The summed E-state index contributed by atoms with van der Waals surface area (Å²) in [6.07, 6.45) is 0. The number of aryl methyl sites for hydroxylation is 1. The smallest absolute Gasteiger partial charge is 0.344 e. The maximum absolute atomic E-state index is 12.4. The van der Waals surface area contributed by atoms with E-state index in [0.29, 0.717) is 27.6 Å². The molecule has 0 unspecified atom stereocenters. The molecule has 0 saturated carbocycles. The molecule has 0 radical (unpaired) electrons. The van der Waals surface area contributed by atoms with E-state index in [-0.39, 0.29) is 12.5 Å². The number of hydrogen-bond acceptors (Lipinski definition) is 4. The van der Waals surface area contributed by atoms with Crippen LogP contribution in [0.3, 0.4) is 0 Å². The minimum atomic E-state index is -0.459. The Kier molecular flexibility index (Phi) is 5.55. The third kappa shape index (κ3) is 4.53. The van der Waals surface area contributed by atoms with Gasteiger partial charge in [0.15, 0.2) is 6.61 Å². The highest BCUT2D eigenvalue weighted by atomic mass is 35.5. The fourth-order valence-electron chi connectivity index (χ4n) is 2.99. The number of fused-ring (bicyclic) bond motifs is 1. The average molecular weight is 420 g/mol. The monoisotopic (exact) mass is 419 g/mol. The van der Waals surface area contributed by atoms with E-state index in [4.69, 9.17) is 20.8 Å². The molecular formula is C24H18ClNO4. The first kappa shape index (κ1) is 19.7. The Bertz CT molecular complexity index is 1260. The number of anilines is 1. The first-order valence-electron chi connectivity index (χ1n) is 9.31. The van der Waals surface area contributed by atoms with E-state index in [1.807, 2.05) is 31.2 Å². The van der Waals surface area contributed by atoms with Crippen LogP contribution in [0.25, 0.3) is 22.1 Å². The van der Waals surface area contributed by atoms with Crippen molar-refractivity contribution in [2.24, 2.45) is 0 Å². The summed E-state index contributed by atoms with van der Waals surface area (Å²) in [4.78, 5) is 24.5. The topological polar surface area (TPSA) is 68.5 Å². The van der Waals surface area contributed by atoms with Crippen molar-refractivity contribution in [1.29, 1.82) is 0 Å². The molecule has 0 atom stereocenters. The highest BCUT2D eigenvalue weighted by molar-refractivity contribution is 6.30. The SMILES string of the molecule is Cc1ccc(NC(=O)COc2ccc3cc(-c4ccc(Cl)cc4)c(=O)oc3c2)cc1. The summed E-state index contributed by atoms with van der Waals surface area (Å²) in [6.45, 7) is 1.82. The molecule has 1 heterocycles. The van der Waals surface area contributed by atoms with Crippen LogP contribution in [0.4, 0.5) is 5.69 Å². The maximum Gasteiger partial charge on any atom is 0.344 e. The molecule has 150 valence electrons. The molecule has 6 heteroatoms. The predicted octanol–water partition coefficient (Wildman–Crippen LogP) is 5.44. The number of ether oxygens (including phenoxy) is 1. The van der Waals surface area contributed by atoms with Crippen LogP contribution in [0.1, 0.15) is 5.56 Å². The molecule has 5 nitrogen and oxygen atoms in total. The molecule has 3 aromatic carbocycles. The molecule has 30 heavy (non-hydrogen) atoms. The third-order valence-corrected chi connectivity index (χ3v) is 4.82. The Morgan fingerprint density at radius 2 is 1.73 bits per heavy atom. The van der Waals surface area contributed by atoms with E-state index in [0.717, 1.165) is 16.5 Å². The first-order chi connectivity index (χ1) is 14.5. The molecule has 1 N–H and O–H groups in total. The molecule has 1 amide bonds. The Labute approximate surface area is 177 Å². The summed E-state index contributed by atoms with van der Waals surface area (Å²) in [5, 5.41) is 4.11. The van der Waals surface area contributed by atoms with Crippen LogP contribution in [0.15, 0.2) is 82.0 Å². The molecule has 4 rings (SSSR count). The van der Waals surface area contributed by atoms with Gasteiger partial charge in [-0.25, -0.2) is 4.79 Å². The van der Waals surface area contributed by atoms with Crippen molar-refractivity contribution in [2.45, 2.75) is 6.92 Å². The molecular weight excluding hydrogens is 402 g/mol. The fraction of sp³-hybridized carbons (Fsp3) is 0.0833. The summed E-state index contributed by atoms with van der Waals surface area (Å²) < 4.78 is 11.0. The summed E-state index contributed by atoms with van der Waals surface area (Å²) in [5.74, 6) is 0.155. The van der Waals surface area contributed by atoms with E-state index in [1.165, 1.54) is 0 Å². The molecule has 0 bridgehead atoms. The van der Waals surface area contributed by atoms with Gasteiger partial charge in [0.05, 0.1) is 5.56 Å². The third-order valence-electron chi connectivity index (χ3n) is 4.57. The van der Waals surface area contributed by atoms with Gasteiger partial charge in [-0.2, -0.15) is 0 Å². The second kappa shape index (κ2) is 8.43. The number of hydrogen-bond donors (Lipinski definition) is 1. The number of rotatable bonds is 5. The number of amides is 1. The van der Waals surface area contributed by atoms with Gasteiger partial charge in [0.2, 0.25) is 0 Å². The Morgan fingerprint density at radius 1 is 1.00 bits per heavy atom. The van der Waals surface area contributed by atoms with E-state index in [9.17, 15) is 9.59 Å². The first-order valence-corrected chi connectivity index (χ1v) is 9.69. The molecule has 4 aromatic rings. The number of benzene rings is 3. The van der Waals surface area contributed by atoms with Gasteiger partial charge < -0.3 is 14.5 Å². The Balaban J connectivity index is 1.48. The van der Waals surface area contributed by atoms with E-state index < -0.39 is 5.63 Å². The highest BCUT2D eigenvalue weighted by Crippen LogP contribution is 2.25. The van der Waals surface area contributed by atoms with Gasteiger partial charge in [-0.05, 0) is 55.0 Å². The zero-order chi connectivity index (χ0) is 21.1. The second-order valence-corrected chi connectivity index (χ2v) is 7.29. The van der Waals surface area contributed by atoms with Crippen molar-refractivity contribution in [3.8, 4) is 16.9 Å². The second-order valence-electron chi connectivity index (χ2n) is 6.86. The minimum absolute atomic E-state index is 0.160. The lowest BCUT2D eigenvalue weighted by Gasteiger charge is -2.09. The number of carbonyl (C=O) groups is 1. The van der Waals surface area contributed by atoms with Crippen LogP contribution in [0.2, 0.25) is 5.02 Å². The normalized spacial score (nSPS) is 10.7. The molecule has 1 aromatic heterocycles. The van der Waals surface area contributed by atoms with Gasteiger partial charge >= 0.3 is 5.63 Å². The summed E-state index contributed by atoms with van der Waals surface area (Å²) in [5.41, 5.74) is 2.91. The van der Waals surface area contributed by atoms with Crippen molar-refractivity contribution in [1.82, 2.24) is 0 Å². The highest BCUT2D eigenvalue weighted by Gasteiger charge is 2.10. The molecule has 0 fully saturated rings. The van der Waals surface area contributed by atoms with Crippen molar-refractivity contribution in [3.63, 3.8) is 0 Å². The van der Waals surface area contributed by atoms with Gasteiger partial charge in [0, 0.05) is 22.2 Å². The van der Waals surface area contributed by atoms with E-state index in [1.54, 1.807) is 48.5 Å². The average Bonchev–Trinajstić information content (AvgIpc) is 2.74. The van der Waals surface area contributed by atoms with Gasteiger partial charge in [-0.1, -0.05) is 41.4 Å². The van der Waals surface area contributed by atoms with Crippen LogP contribution in [0.5, 0.6) is 5.75 Å². The standard InChI is InChI=1S/C24H18ClNO4/c1-15-2-9-19(10-3-15)26-23(27)14-29-20-11-6-17-12-21(24(28)30-22(17)13-20)16-4-7-18(25)8-5-16/h2-13H,14H2,1H3,(H,26,27). The predicted molar refractivity (Wildman–Crippen MR) is 118 cm³/mol. The van der Waals surface area contributed by atoms with Crippen molar-refractivity contribution in [3.05, 3.63) is 93.8 Å². The van der Waals surface area contributed by atoms with Crippen LogP contribution >= 0.6 is 11.6 Å². The number of halogens is 1. The molecule has 0 aliphatic heterocycles. The van der Waals surface area contributed by atoms with Gasteiger partial charge in [-0.3, -0.25) is 4.79 Å². The lowest BCUT2D eigenvalue weighted by atomic mass is 10.1. The fourth-order valence-corrected chi connectivity index (χ4v) is 3.12. The van der Waals surface area contributed by atoms with Gasteiger partial charge in [0.25, 0.3) is 5.91 Å². The molecule has 0 spiro atoms. The van der Waals surface area contributed by atoms with Gasteiger partial charge in [0.1, 0.15) is 11.3 Å². The zero-order valence-corrected chi connectivity index (χ0v) is 16.9. The van der Waals surface area contributed by atoms with E-state index in [2.05, 4.69) is 5.32 Å². The number of carbonyl (C=O) groups excluding carboxylic acids is 1. The maximum atomic E-state index is 12.4. The molecule has 0 saturated heterocycles. The largest absolute Gasteiger partial charge is 0.484 e. The Morgan fingerprint density at radius 3 is 2.47 bits per heavy atom. The summed E-state index contributed by atoms with van der Waals surface area (Å²) in [6, 6.07) is 21.3. The lowest BCUT2D eigenvalue weighted by Crippen LogP contribution is -2.20. The summed E-state index contributed by atoms with van der Waals surface area (Å²) in [7, 11) is 0. The van der Waals surface area contributed by atoms with Crippen molar-refractivity contribution >= 4 is 34.2 Å². The Hall–Kier alpha value is -3.57. The number of nitrogens with one attached hydrogen (secondary N) is 1. The quantitative estimate of drug-likeness (QED) is 0.437. The van der Waals surface area contributed by atoms with Crippen molar-refractivity contribution in [2.75, 3.05) is 11.9 Å². The summed E-state index contributed by atoms with van der Waals surface area (Å²) >= 11 is 5.91.